The van der Waals surface area contributed by atoms with Gasteiger partial charge in [-0.25, -0.2) is 13.8 Å². The maximum Gasteiger partial charge on any atom is 0.182 e. The van der Waals surface area contributed by atoms with E-state index in [-0.39, 0.29) is 11.6 Å². The Morgan fingerprint density at radius 1 is 0.730 bits per heavy atom. The van der Waals surface area contributed by atoms with E-state index in [0.717, 1.165) is 66.1 Å². The number of hydrogen-bond donors (Lipinski definition) is 0. The molecule has 0 amide bonds. The minimum atomic E-state index is -0.318. The largest absolute Gasteiger partial charge is 0.379 e. The van der Waals surface area contributed by atoms with Crippen LogP contribution < -0.4 is 0 Å². The molecule has 6 rings (SSSR count). The van der Waals surface area contributed by atoms with E-state index in [4.69, 9.17) is 14.8 Å². The molecule has 0 aliphatic carbocycles. The second-order valence-electron chi connectivity index (χ2n) is 9.04. The number of pyridine rings is 2. The predicted octanol–water partition coefficient (Wildman–Crippen LogP) is 5.44. The van der Waals surface area contributed by atoms with Gasteiger partial charge >= 0.3 is 0 Å². The van der Waals surface area contributed by atoms with Crippen molar-refractivity contribution < 1.29 is 13.5 Å². The molecule has 2 aromatic carbocycles. The van der Waals surface area contributed by atoms with Crippen LogP contribution in [-0.2, 0) is 11.3 Å². The zero-order chi connectivity index (χ0) is 25.2. The molecule has 186 valence electrons. The molecule has 8 heteroatoms. The monoisotopic (exact) mass is 497 g/mol. The lowest BCUT2D eigenvalue weighted by Crippen LogP contribution is -2.38. The fraction of sp³-hybridized carbons (Fsp3) is 0.207. The highest BCUT2D eigenvalue weighted by Crippen LogP contribution is 2.42. The maximum absolute atomic E-state index is 13.9. The van der Waals surface area contributed by atoms with Crippen LogP contribution in [0.4, 0.5) is 8.78 Å². The molecule has 1 aliphatic rings. The van der Waals surface area contributed by atoms with Crippen molar-refractivity contribution in [2.45, 2.75) is 6.54 Å². The zero-order valence-electron chi connectivity index (χ0n) is 20.1. The van der Waals surface area contributed by atoms with Crippen LogP contribution in [0.15, 0.2) is 79.3 Å². The van der Waals surface area contributed by atoms with Crippen LogP contribution in [0, 0.1) is 11.6 Å². The summed E-state index contributed by atoms with van der Waals surface area (Å²) >= 11 is 0. The third-order valence-corrected chi connectivity index (χ3v) is 6.68. The first-order valence-electron chi connectivity index (χ1n) is 12.3. The van der Waals surface area contributed by atoms with Crippen molar-refractivity contribution >= 4 is 11.0 Å². The van der Waals surface area contributed by atoms with Gasteiger partial charge in [-0.2, -0.15) is 5.10 Å². The Balaban J connectivity index is 1.56. The number of ether oxygens (including phenoxy) is 1. The van der Waals surface area contributed by atoms with Gasteiger partial charge in [-0.1, -0.05) is 12.1 Å². The molecule has 0 unspecified atom stereocenters. The van der Waals surface area contributed by atoms with Gasteiger partial charge in [0.25, 0.3) is 0 Å². The van der Waals surface area contributed by atoms with Crippen molar-refractivity contribution in [3.63, 3.8) is 0 Å². The molecule has 1 saturated heterocycles. The van der Waals surface area contributed by atoms with Gasteiger partial charge in [-0.05, 0) is 59.7 Å². The Morgan fingerprint density at radius 2 is 1.35 bits per heavy atom. The second-order valence-corrected chi connectivity index (χ2v) is 9.04. The Morgan fingerprint density at radius 3 is 2.03 bits per heavy atom. The van der Waals surface area contributed by atoms with Gasteiger partial charge in [0.2, 0.25) is 0 Å². The molecule has 37 heavy (non-hydrogen) atoms. The molecule has 0 N–H and O–H groups in total. The number of hydrogen-bond acceptors (Lipinski definition) is 5. The van der Waals surface area contributed by atoms with Gasteiger partial charge in [0.1, 0.15) is 11.6 Å². The van der Waals surface area contributed by atoms with E-state index >= 15 is 0 Å². The number of halogens is 2. The molecule has 1 fully saturated rings. The minimum Gasteiger partial charge on any atom is -0.379 e. The summed E-state index contributed by atoms with van der Waals surface area (Å²) in [5.74, 6) is -0.624. The maximum atomic E-state index is 13.9. The fourth-order valence-electron chi connectivity index (χ4n) is 4.80. The van der Waals surface area contributed by atoms with Crippen LogP contribution in [0.25, 0.3) is 44.5 Å². The molecular weight excluding hydrogens is 472 g/mol. The summed E-state index contributed by atoms with van der Waals surface area (Å²) in [5, 5.41) is 5.69. The summed E-state index contributed by atoms with van der Waals surface area (Å²) in [5.41, 5.74) is 5.53. The average Bonchev–Trinajstić information content (AvgIpc) is 3.36. The number of aromatic nitrogens is 4. The van der Waals surface area contributed by atoms with Gasteiger partial charge in [0.05, 0.1) is 25.5 Å². The van der Waals surface area contributed by atoms with Gasteiger partial charge in [0, 0.05) is 60.3 Å². The molecule has 5 aromatic rings. The second kappa shape index (κ2) is 10.2. The third-order valence-electron chi connectivity index (χ3n) is 6.68. The third kappa shape index (κ3) is 4.85. The lowest BCUT2D eigenvalue weighted by molar-refractivity contribution is 0.0360. The van der Waals surface area contributed by atoms with Crippen LogP contribution >= 0.6 is 0 Å². The highest BCUT2D eigenvalue weighted by atomic mass is 19.1. The number of nitrogens with zero attached hydrogens (tertiary/aromatic N) is 5. The number of benzene rings is 2. The highest BCUT2D eigenvalue weighted by Gasteiger charge is 2.22. The molecule has 4 heterocycles. The zero-order valence-corrected chi connectivity index (χ0v) is 20.1. The Hall–Kier alpha value is -4.01. The molecule has 0 bridgehead atoms. The number of morpholine rings is 1. The summed E-state index contributed by atoms with van der Waals surface area (Å²) in [6.07, 6.45) is 5.48. The Bertz CT molecular complexity index is 1510. The lowest BCUT2D eigenvalue weighted by Gasteiger charge is -2.26. The van der Waals surface area contributed by atoms with Gasteiger partial charge < -0.3 is 4.74 Å². The summed E-state index contributed by atoms with van der Waals surface area (Å²) in [6, 6.07) is 16.6. The van der Waals surface area contributed by atoms with E-state index in [9.17, 15) is 8.78 Å². The van der Waals surface area contributed by atoms with Crippen LogP contribution in [0.2, 0.25) is 0 Å². The topological polar surface area (TPSA) is 56.1 Å². The van der Waals surface area contributed by atoms with E-state index in [1.54, 1.807) is 36.7 Å². The van der Waals surface area contributed by atoms with Crippen molar-refractivity contribution in [3.05, 3.63) is 90.9 Å². The first-order valence-corrected chi connectivity index (χ1v) is 12.3. The smallest absolute Gasteiger partial charge is 0.182 e. The molecule has 0 saturated carbocycles. The first-order chi connectivity index (χ1) is 18.2. The molecular formula is C29H25F2N5O. The molecule has 3 aromatic heterocycles. The number of fused-ring (bicyclic) bond motifs is 1. The van der Waals surface area contributed by atoms with Gasteiger partial charge in [-0.3, -0.25) is 14.6 Å². The summed E-state index contributed by atoms with van der Waals surface area (Å²) in [6.45, 7) is 4.85. The van der Waals surface area contributed by atoms with Gasteiger partial charge in [0.15, 0.2) is 5.65 Å². The molecule has 0 spiro atoms. The lowest BCUT2D eigenvalue weighted by atomic mass is 9.90. The SMILES string of the molecule is Fc1ccc(-c2nc3nn(CCN4CCOCC4)cc3c(-c3ccc(F)cc3)c2-c2ccncc2)cc1. The Labute approximate surface area is 213 Å². The van der Waals surface area contributed by atoms with Crippen LogP contribution in [0.3, 0.4) is 0 Å². The van der Waals surface area contributed by atoms with E-state index in [1.807, 2.05) is 23.0 Å². The van der Waals surface area contributed by atoms with Crippen molar-refractivity contribution in [2.75, 3.05) is 32.8 Å². The van der Waals surface area contributed by atoms with Crippen LogP contribution in [-0.4, -0.2) is 57.5 Å². The van der Waals surface area contributed by atoms with E-state index in [1.165, 1.54) is 24.3 Å². The quantitative estimate of drug-likeness (QED) is 0.313. The van der Waals surface area contributed by atoms with Crippen LogP contribution in [0.5, 0.6) is 0 Å². The normalized spacial score (nSPS) is 14.3. The fourth-order valence-corrected chi connectivity index (χ4v) is 4.80. The standard InChI is InChI=1S/C29H25F2N5O/c30-23-5-1-20(2-6-23)26-25-19-36(14-13-35-15-17-37-18-16-35)34-29(25)33-28(22-3-7-24(31)8-4-22)27(26)21-9-11-32-12-10-21/h1-12,19H,13-18H2. The molecule has 1 aliphatic heterocycles. The van der Waals surface area contributed by atoms with Crippen molar-refractivity contribution in [1.82, 2.24) is 24.6 Å². The van der Waals surface area contributed by atoms with Gasteiger partial charge in [-0.15, -0.1) is 0 Å². The summed E-state index contributed by atoms with van der Waals surface area (Å²) < 4.78 is 35.1. The van der Waals surface area contributed by atoms with E-state index < -0.39 is 0 Å². The Kier molecular flexibility index (Phi) is 6.42. The highest BCUT2D eigenvalue weighted by molar-refractivity contribution is 6.05. The van der Waals surface area contributed by atoms with E-state index in [0.29, 0.717) is 17.9 Å². The molecule has 0 atom stereocenters. The van der Waals surface area contributed by atoms with Crippen molar-refractivity contribution in [3.8, 4) is 33.5 Å². The minimum absolute atomic E-state index is 0.306. The van der Waals surface area contributed by atoms with Crippen molar-refractivity contribution in [1.29, 1.82) is 0 Å². The summed E-state index contributed by atoms with van der Waals surface area (Å²) in [7, 11) is 0. The molecule has 6 nitrogen and oxygen atoms in total. The van der Waals surface area contributed by atoms with E-state index in [2.05, 4.69) is 9.88 Å². The average molecular weight is 498 g/mol. The summed E-state index contributed by atoms with van der Waals surface area (Å²) in [4.78, 5) is 11.5. The number of rotatable bonds is 6. The van der Waals surface area contributed by atoms with Crippen LogP contribution in [0.1, 0.15) is 0 Å². The first kappa shape index (κ1) is 23.4. The predicted molar refractivity (Wildman–Crippen MR) is 139 cm³/mol. The van der Waals surface area contributed by atoms with Crippen molar-refractivity contribution in [2.24, 2.45) is 0 Å². The molecule has 0 radical (unpaired) electrons.